The number of anilines is 2. The van der Waals surface area contributed by atoms with Gasteiger partial charge >= 0.3 is 0 Å². The van der Waals surface area contributed by atoms with E-state index in [1.165, 1.54) is 4.90 Å². The number of benzene rings is 2. The molecule has 0 aliphatic heterocycles. The molecule has 0 atom stereocenters. The highest BCUT2D eigenvalue weighted by atomic mass is 16.2. The van der Waals surface area contributed by atoms with Gasteiger partial charge in [-0.3, -0.25) is 4.79 Å². The molecule has 0 saturated carbocycles. The predicted molar refractivity (Wildman–Crippen MR) is 79.9 cm³/mol. The smallest absolute Gasteiger partial charge is 0.260 e. The summed E-state index contributed by atoms with van der Waals surface area (Å²) in [5, 5.41) is 12.1. The maximum absolute atomic E-state index is 12.6. The van der Waals surface area contributed by atoms with Crippen LogP contribution in [0.5, 0.6) is 0 Å². The third-order valence-corrected chi connectivity index (χ3v) is 3.12. The molecule has 2 aromatic carbocycles. The number of carbonyl (C=O) groups excluding carboxylic acids is 1. The molecule has 0 aliphatic rings. The van der Waals surface area contributed by atoms with Crippen LogP contribution in [0.2, 0.25) is 0 Å². The van der Waals surface area contributed by atoms with Crippen LogP contribution < -0.4 is 10.2 Å². The average Bonchev–Trinajstić information content (AvgIpc) is 2.53. The number of hydrogen-bond donors (Lipinski definition) is 1. The fourth-order valence-electron chi connectivity index (χ4n) is 2.04. The maximum atomic E-state index is 12.6. The number of rotatable bonds is 3. The Morgan fingerprint density at radius 1 is 1.15 bits per heavy atom. The first-order valence-corrected chi connectivity index (χ1v) is 6.23. The summed E-state index contributed by atoms with van der Waals surface area (Å²) in [6, 6.07) is 16.4. The van der Waals surface area contributed by atoms with Gasteiger partial charge in [-0.1, -0.05) is 24.3 Å². The third kappa shape index (κ3) is 2.47. The number of nitrogens with zero attached hydrogens (tertiary/aromatic N) is 2. The lowest BCUT2D eigenvalue weighted by molar-refractivity contribution is 0.0993. The molecule has 2 rings (SSSR count). The van der Waals surface area contributed by atoms with Gasteiger partial charge in [-0.15, -0.1) is 0 Å². The standard InChI is InChI=1S/C16H15N3O/c1-18-14-9-5-4-8-13(14)16(20)19(2)15-10-6-3-7-12(15)11-17/h3-10,18H,1-2H3. The highest BCUT2D eigenvalue weighted by molar-refractivity contribution is 6.09. The van der Waals surface area contributed by atoms with Gasteiger partial charge in [-0.2, -0.15) is 5.26 Å². The van der Waals surface area contributed by atoms with Gasteiger partial charge in [0.15, 0.2) is 0 Å². The number of nitriles is 1. The normalized spacial score (nSPS) is 9.65. The number of carbonyl (C=O) groups is 1. The van der Waals surface area contributed by atoms with Crippen molar-refractivity contribution < 1.29 is 4.79 Å². The number of nitrogens with one attached hydrogen (secondary N) is 1. The van der Waals surface area contributed by atoms with Crippen LogP contribution in [-0.4, -0.2) is 20.0 Å². The van der Waals surface area contributed by atoms with Gasteiger partial charge in [0.1, 0.15) is 6.07 Å². The molecule has 0 saturated heterocycles. The molecule has 0 heterocycles. The minimum Gasteiger partial charge on any atom is -0.387 e. The Hall–Kier alpha value is -2.80. The summed E-state index contributed by atoms with van der Waals surface area (Å²) < 4.78 is 0. The van der Waals surface area contributed by atoms with Crippen LogP contribution >= 0.6 is 0 Å². The molecule has 0 spiro atoms. The monoisotopic (exact) mass is 265 g/mol. The van der Waals surface area contributed by atoms with E-state index in [-0.39, 0.29) is 5.91 Å². The molecule has 4 heteroatoms. The Morgan fingerprint density at radius 3 is 2.50 bits per heavy atom. The van der Waals surface area contributed by atoms with E-state index in [4.69, 9.17) is 5.26 Å². The van der Waals surface area contributed by atoms with Crippen molar-refractivity contribution in [3.05, 3.63) is 59.7 Å². The second-order valence-corrected chi connectivity index (χ2v) is 4.29. The molecule has 4 nitrogen and oxygen atoms in total. The second-order valence-electron chi connectivity index (χ2n) is 4.29. The minimum atomic E-state index is -0.155. The molecule has 0 aromatic heterocycles. The molecule has 0 fully saturated rings. The number of amides is 1. The Morgan fingerprint density at radius 2 is 1.80 bits per heavy atom. The quantitative estimate of drug-likeness (QED) is 0.928. The van der Waals surface area contributed by atoms with Gasteiger partial charge in [-0.05, 0) is 24.3 Å². The van der Waals surface area contributed by atoms with Crippen molar-refractivity contribution in [3.8, 4) is 6.07 Å². The van der Waals surface area contributed by atoms with Gasteiger partial charge < -0.3 is 10.2 Å². The van der Waals surface area contributed by atoms with Crippen molar-refractivity contribution in [1.29, 1.82) is 5.26 Å². The average molecular weight is 265 g/mol. The van der Waals surface area contributed by atoms with Crippen molar-refractivity contribution in [1.82, 2.24) is 0 Å². The molecule has 0 aliphatic carbocycles. The summed E-state index contributed by atoms with van der Waals surface area (Å²) in [4.78, 5) is 14.1. The van der Waals surface area contributed by atoms with Crippen LogP contribution in [0.25, 0.3) is 0 Å². The van der Waals surface area contributed by atoms with Crippen LogP contribution in [0.1, 0.15) is 15.9 Å². The Labute approximate surface area is 118 Å². The maximum Gasteiger partial charge on any atom is 0.260 e. The Balaban J connectivity index is 2.41. The fourth-order valence-corrected chi connectivity index (χ4v) is 2.04. The van der Waals surface area contributed by atoms with E-state index in [2.05, 4.69) is 11.4 Å². The van der Waals surface area contributed by atoms with Crippen LogP contribution in [0.15, 0.2) is 48.5 Å². The van der Waals surface area contributed by atoms with Crippen molar-refractivity contribution in [2.75, 3.05) is 24.3 Å². The van der Waals surface area contributed by atoms with Crippen LogP contribution in [0, 0.1) is 11.3 Å². The summed E-state index contributed by atoms with van der Waals surface area (Å²) in [6.45, 7) is 0. The molecule has 0 radical (unpaired) electrons. The zero-order chi connectivity index (χ0) is 14.5. The Kier molecular flexibility index (Phi) is 4.02. The third-order valence-electron chi connectivity index (χ3n) is 3.12. The van der Waals surface area contributed by atoms with Crippen molar-refractivity contribution in [3.63, 3.8) is 0 Å². The van der Waals surface area contributed by atoms with Gasteiger partial charge in [0, 0.05) is 19.8 Å². The van der Waals surface area contributed by atoms with E-state index >= 15 is 0 Å². The van der Waals surface area contributed by atoms with E-state index in [9.17, 15) is 4.79 Å². The molecule has 1 amide bonds. The first-order chi connectivity index (χ1) is 9.69. The van der Waals surface area contributed by atoms with Crippen molar-refractivity contribution in [2.24, 2.45) is 0 Å². The lowest BCUT2D eigenvalue weighted by Crippen LogP contribution is -2.27. The van der Waals surface area contributed by atoms with Gasteiger partial charge in [0.2, 0.25) is 0 Å². The highest BCUT2D eigenvalue weighted by Gasteiger charge is 2.18. The van der Waals surface area contributed by atoms with Crippen LogP contribution in [0.3, 0.4) is 0 Å². The van der Waals surface area contributed by atoms with E-state index in [1.807, 2.05) is 24.3 Å². The van der Waals surface area contributed by atoms with E-state index < -0.39 is 0 Å². The zero-order valence-electron chi connectivity index (χ0n) is 11.4. The summed E-state index contributed by atoms with van der Waals surface area (Å²) in [5.41, 5.74) is 2.42. The minimum absolute atomic E-state index is 0.155. The molecule has 100 valence electrons. The first-order valence-electron chi connectivity index (χ1n) is 6.23. The largest absolute Gasteiger partial charge is 0.387 e. The summed E-state index contributed by atoms with van der Waals surface area (Å²) in [7, 11) is 3.44. The molecule has 2 aromatic rings. The van der Waals surface area contributed by atoms with E-state index in [0.29, 0.717) is 16.8 Å². The van der Waals surface area contributed by atoms with Crippen LogP contribution in [0.4, 0.5) is 11.4 Å². The SMILES string of the molecule is CNc1ccccc1C(=O)N(C)c1ccccc1C#N. The first kappa shape index (κ1) is 13.6. The van der Waals surface area contributed by atoms with Gasteiger partial charge in [0.05, 0.1) is 16.8 Å². The van der Waals surface area contributed by atoms with Gasteiger partial charge in [-0.25, -0.2) is 0 Å². The predicted octanol–water partition coefficient (Wildman–Crippen LogP) is 2.88. The molecule has 1 N–H and O–H groups in total. The topological polar surface area (TPSA) is 56.1 Å². The highest BCUT2D eigenvalue weighted by Crippen LogP contribution is 2.23. The lowest BCUT2D eigenvalue weighted by atomic mass is 10.1. The summed E-state index contributed by atoms with van der Waals surface area (Å²) in [6.07, 6.45) is 0. The second kappa shape index (κ2) is 5.89. The summed E-state index contributed by atoms with van der Waals surface area (Å²) >= 11 is 0. The van der Waals surface area contributed by atoms with E-state index in [1.54, 1.807) is 38.4 Å². The number of para-hydroxylation sites is 2. The van der Waals surface area contributed by atoms with Gasteiger partial charge in [0.25, 0.3) is 5.91 Å². The summed E-state index contributed by atoms with van der Waals surface area (Å²) in [5.74, 6) is -0.155. The van der Waals surface area contributed by atoms with Crippen LogP contribution in [-0.2, 0) is 0 Å². The number of hydrogen-bond acceptors (Lipinski definition) is 3. The fraction of sp³-hybridized carbons (Fsp3) is 0.125. The molecular formula is C16H15N3O. The van der Waals surface area contributed by atoms with Crippen molar-refractivity contribution in [2.45, 2.75) is 0 Å². The lowest BCUT2D eigenvalue weighted by Gasteiger charge is -2.20. The molecular weight excluding hydrogens is 250 g/mol. The molecule has 0 unspecified atom stereocenters. The van der Waals surface area contributed by atoms with Crippen molar-refractivity contribution >= 4 is 17.3 Å². The molecule has 0 bridgehead atoms. The molecule has 20 heavy (non-hydrogen) atoms. The Bertz CT molecular complexity index is 673. The van der Waals surface area contributed by atoms with E-state index in [0.717, 1.165) is 5.69 Å². The zero-order valence-corrected chi connectivity index (χ0v) is 11.4.